The highest BCUT2D eigenvalue weighted by Gasteiger charge is 2.79. The van der Waals surface area contributed by atoms with Gasteiger partial charge in [-0.15, -0.1) is 0 Å². The van der Waals surface area contributed by atoms with E-state index in [1.807, 2.05) is 20.8 Å². The molecule has 0 heterocycles. The van der Waals surface area contributed by atoms with Crippen molar-refractivity contribution in [3.05, 3.63) is 12.2 Å². The van der Waals surface area contributed by atoms with Gasteiger partial charge in [-0.3, -0.25) is 9.35 Å². The SMILES string of the molecule is CC(=O)/C=C/C[C@@H](C)[C@H]1C[C@H](OS(=O)(=O)O)[C@@]2(O)[C@]3(O)C[C@H](O)[C@H]4C[C@@H](O)CC[C@]4(C)C3CC[C@]12C. The van der Waals surface area contributed by atoms with E-state index < -0.39 is 56.7 Å². The van der Waals surface area contributed by atoms with Gasteiger partial charge in [0.05, 0.1) is 12.2 Å². The smallest absolute Gasteiger partial charge is 0.393 e. The molecule has 0 aromatic carbocycles. The molecule has 4 aliphatic rings. The molecule has 0 radical (unpaired) electrons. The maximum Gasteiger partial charge on any atom is 0.397 e. The van der Waals surface area contributed by atoms with E-state index in [1.54, 1.807) is 6.08 Å². The summed E-state index contributed by atoms with van der Waals surface area (Å²) in [5.41, 5.74) is -5.48. The van der Waals surface area contributed by atoms with Crippen molar-refractivity contribution in [3.63, 3.8) is 0 Å². The number of hydrogen-bond donors (Lipinski definition) is 5. The number of aliphatic hydroxyl groups is 4. The van der Waals surface area contributed by atoms with Gasteiger partial charge in [0.15, 0.2) is 5.78 Å². The van der Waals surface area contributed by atoms with Crippen molar-refractivity contribution in [2.45, 2.75) is 109 Å². The molecule has 0 saturated heterocycles. The standard InChI is InChI=1S/C26H42O9S/c1-15(6-5-7-16(2)27)18-13-22(35-36(32,33)34)26(31)24(18,4)11-9-21-23(3)10-8-17(28)12-19(23)20(29)14-25(21,26)30/h5,7,15,17-22,28-31H,6,8-14H2,1-4H3,(H,32,33,34)/b7-5+/t15-,17+,18-,19-,20+,21?,22+,23+,24-,25+,26+/m1/s1. The molecule has 0 aromatic rings. The van der Waals surface area contributed by atoms with Crippen LogP contribution in [0.1, 0.15) is 79.1 Å². The maximum atomic E-state index is 12.6. The van der Waals surface area contributed by atoms with Crippen molar-refractivity contribution in [2.75, 3.05) is 0 Å². The number of allylic oxidation sites excluding steroid dienone is 2. The third kappa shape index (κ3) is 4.12. The Morgan fingerprint density at radius 3 is 2.42 bits per heavy atom. The normalized spacial score (nSPS) is 49.8. The fourth-order valence-corrected chi connectivity index (χ4v) is 9.66. The lowest BCUT2D eigenvalue weighted by Crippen LogP contribution is -2.77. The van der Waals surface area contributed by atoms with E-state index in [1.165, 1.54) is 13.0 Å². The van der Waals surface area contributed by atoms with Crippen molar-refractivity contribution in [1.82, 2.24) is 0 Å². The van der Waals surface area contributed by atoms with Gasteiger partial charge in [-0.1, -0.05) is 26.8 Å². The van der Waals surface area contributed by atoms with Gasteiger partial charge in [-0.05, 0) is 87.0 Å². The first-order chi connectivity index (χ1) is 16.5. The van der Waals surface area contributed by atoms with Crippen LogP contribution in [-0.4, -0.2) is 68.7 Å². The van der Waals surface area contributed by atoms with Gasteiger partial charge in [-0.25, -0.2) is 4.18 Å². The second-order valence-corrected chi connectivity index (χ2v) is 13.6. The summed E-state index contributed by atoms with van der Waals surface area (Å²) in [6.45, 7) is 7.25. The van der Waals surface area contributed by atoms with Crippen LogP contribution in [-0.2, 0) is 19.4 Å². The van der Waals surface area contributed by atoms with E-state index in [9.17, 15) is 38.2 Å². The van der Waals surface area contributed by atoms with Gasteiger partial charge in [0.2, 0.25) is 0 Å². The van der Waals surface area contributed by atoms with Gasteiger partial charge in [-0.2, -0.15) is 8.42 Å². The number of carbonyl (C=O) groups is 1. The Morgan fingerprint density at radius 1 is 1.14 bits per heavy atom. The minimum absolute atomic E-state index is 0.0877. The first kappa shape index (κ1) is 28.1. The van der Waals surface area contributed by atoms with Gasteiger partial charge in [0.1, 0.15) is 17.3 Å². The van der Waals surface area contributed by atoms with E-state index in [0.29, 0.717) is 38.5 Å². The summed E-state index contributed by atoms with van der Waals surface area (Å²) in [7, 11) is -4.95. The molecule has 36 heavy (non-hydrogen) atoms. The van der Waals surface area contributed by atoms with Crippen LogP contribution in [0.4, 0.5) is 0 Å². The molecular formula is C26H42O9S. The van der Waals surface area contributed by atoms with E-state index in [0.717, 1.165) is 0 Å². The van der Waals surface area contributed by atoms with Gasteiger partial charge >= 0.3 is 10.4 Å². The molecule has 4 saturated carbocycles. The molecule has 4 rings (SSSR count). The highest BCUT2D eigenvalue weighted by Crippen LogP contribution is 2.71. The van der Waals surface area contributed by atoms with Crippen LogP contribution < -0.4 is 0 Å². The van der Waals surface area contributed by atoms with E-state index >= 15 is 0 Å². The van der Waals surface area contributed by atoms with E-state index in [-0.39, 0.29) is 36.4 Å². The van der Waals surface area contributed by atoms with Gasteiger partial charge in [0.25, 0.3) is 0 Å². The third-order valence-corrected chi connectivity index (χ3v) is 11.2. The minimum Gasteiger partial charge on any atom is -0.393 e. The van der Waals surface area contributed by atoms with Crippen LogP contribution in [0, 0.1) is 34.5 Å². The van der Waals surface area contributed by atoms with Crippen molar-refractivity contribution in [3.8, 4) is 0 Å². The summed E-state index contributed by atoms with van der Waals surface area (Å²) < 4.78 is 38.5. The molecule has 10 heteroatoms. The van der Waals surface area contributed by atoms with Gasteiger partial charge < -0.3 is 20.4 Å². The molecule has 206 valence electrons. The lowest BCUT2D eigenvalue weighted by Gasteiger charge is -2.68. The Hall–Kier alpha value is -0.880. The number of fused-ring (bicyclic) bond motifs is 5. The van der Waals surface area contributed by atoms with Crippen LogP contribution in [0.5, 0.6) is 0 Å². The molecule has 4 aliphatic carbocycles. The Balaban J connectivity index is 1.79. The Kier molecular flexibility index (Phi) is 7.11. The molecule has 0 aliphatic heterocycles. The maximum absolute atomic E-state index is 12.6. The van der Waals surface area contributed by atoms with Crippen molar-refractivity contribution >= 4 is 16.2 Å². The summed E-state index contributed by atoms with van der Waals surface area (Å²) in [5, 5.41) is 46.6. The van der Waals surface area contributed by atoms with Crippen molar-refractivity contribution in [2.24, 2.45) is 34.5 Å². The number of carbonyl (C=O) groups excluding carboxylic acids is 1. The molecular weight excluding hydrogens is 488 g/mol. The monoisotopic (exact) mass is 530 g/mol. The number of rotatable bonds is 6. The number of ketones is 1. The highest BCUT2D eigenvalue weighted by atomic mass is 32.3. The summed E-state index contributed by atoms with van der Waals surface area (Å²) in [6, 6.07) is 0. The van der Waals surface area contributed by atoms with E-state index in [4.69, 9.17) is 4.18 Å². The lowest BCUT2D eigenvalue weighted by molar-refractivity contribution is -0.328. The zero-order chi connectivity index (χ0) is 26.9. The van der Waals surface area contributed by atoms with E-state index in [2.05, 4.69) is 0 Å². The number of hydrogen-bond acceptors (Lipinski definition) is 8. The quantitative estimate of drug-likeness (QED) is 0.256. The summed E-state index contributed by atoms with van der Waals surface area (Å²) in [6.07, 6.45) is 3.28. The molecule has 0 amide bonds. The molecule has 0 spiro atoms. The molecule has 0 bridgehead atoms. The first-order valence-corrected chi connectivity index (χ1v) is 14.5. The predicted molar refractivity (Wildman–Crippen MR) is 131 cm³/mol. The first-order valence-electron chi connectivity index (χ1n) is 13.1. The van der Waals surface area contributed by atoms with Crippen molar-refractivity contribution in [1.29, 1.82) is 0 Å². The second kappa shape index (κ2) is 9.10. The fourth-order valence-electron chi connectivity index (χ4n) is 9.15. The predicted octanol–water partition coefficient (Wildman–Crippen LogP) is 2.18. The average Bonchev–Trinajstić information content (AvgIpc) is 2.97. The molecule has 5 N–H and O–H groups in total. The van der Waals surface area contributed by atoms with Gasteiger partial charge in [0, 0.05) is 11.8 Å². The fraction of sp³-hybridized carbons (Fsp3) is 0.885. The van der Waals surface area contributed by atoms with Crippen LogP contribution in [0.15, 0.2) is 12.2 Å². The summed E-state index contributed by atoms with van der Waals surface area (Å²) >= 11 is 0. The summed E-state index contributed by atoms with van der Waals surface area (Å²) in [4.78, 5) is 11.4. The lowest BCUT2D eigenvalue weighted by atomic mass is 9.40. The summed E-state index contributed by atoms with van der Waals surface area (Å²) in [5.74, 6) is -1.17. The average molecular weight is 531 g/mol. The molecule has 1 unspecified atom stereocenters. The number of aliphatic hydroxyl groups excluding tert-OH is 2. The van der Waals surface area contributed by atoms with Crippen LogP contribution in [0.3, 0.4) is 0 Å². The second-order valence-electron chi connectivity index (χ2n) is 12.6. The Bertz CT molecular complexity index is 1010. The largest absolute Gasteiger partial charge is 0.397 e. The molecule has 9 nitrogen and oxygen atoms in total. The van der Waals surface area contributed by atoms with Crippen LogP contribution in [0.25, 0.3) is 0 Å². The molecule has 0 aromatic heterocycles. The minimum atomic E-state index is -4.95. The topological polar surface area (TPSA) is 162 Å². The van der Waals surface area contributed by atoms with Crippen molar-refractivity contribution < 1.29 is 42.4 Å². The highest BCUT2D eigenvalue weighted by molar-refractivity contribution is 7.80. The Morgan fingerprint density at radius 2 is 1.81 bits per heavy atom. The Labute approximate surface area is 213 Å². The zero-order valence-corrected chi connectivity index (χ0v) is 22.4. The molecule has 4 fully saturated rings. The van der Waals surface area contributed by atoms with Crippen LogP contribution >= 0.6 is 0 Å². The molecule has 11 atom stereocenters. The zero-order valence-electron chi connectivity index (χ0n) is 21.6. The third-order valence-electron chi connectivity index (χ3n) is 10.8. The van der Waals surface area contributed by atoms with Crippen LogP contribution in [0.2, 0.25) is 0 Å².